The lowest BCUT2D eigenvalue weighted by molar-refractivity contribution is 0.0789. The number of carbonyl (C=O) groups is 1. The smallest absolute Gasteiger partial charge is 0.255 e. The molecule has 2 heterocycles. The molecule has 6 heteroatoms. The van der Waals surface area contributed by atoms with Gasteiger partial charge in [-0.25, -0.2) is 8.42 Å². The summed E-state index contributed by atoms with van der Waals surface area (Å²) in [5, 5.41) is 0. The number of pyridine rings is 1. The third-order valence-electron chi connectivity index (χ3n) is 4.97. The summed E-state index contributed by atoms with van der Waals surface area (Å²) < 4.78 is 26.3. The molecule has 0 saturated carbocycles. The Morgan fingerprint density at radius 1 is 1.19 bits per heavy atom. The SMILES string of the molecule is CCc1cccc(C)c1CS(=O)(=O)c1cnccc1C(=O)N1CCCC1. The molecule has 1 aromatic carbocycles. The molecular formula is C20H24N2O3S. The number of hydrogen-bond acceptors (Lipinski definition) is 4. The van der Waals surface area contributed by atoms with E-state index in [0.717, 1.165) is 36.0 Å². The molecule has 2 aromatic rings. The fourth-order valence-corrected chi connectivity index (χ4v) is 5.12. The zero-order valence-electron chi connectivity index (χ0n) is 15.2. The van der Waals surface area contributed by atoms with E-state index in [9.17, 15) is 13.2 Å². The molecule has 0 radical (unpaired) electrons. The Balaban J connectivity index is 2.00. The van der Waals surface area contributed by atoms with E-state index in [-0.39, 0.29) is 22.1 Å². The molecule has 0 spiro atoms. The first-order chi connectivity index (χ1) is 12.4. The van der Waals surface area contributed by atoms with Gasteiger partial charge in [0.05, 0.1) is 16.2 Å². The Morgan fingerprint density at radius 3 is 2.62 bits per heavy atom. The van der Waals surface area contributed by atoms with Crippen LogP contribution in [-0.2, 0) is 22.0 Å². The highest BCUT2D eigenvalue weighted by molar-refractivity contribution is 7.90. The standard InChI is InChI=1S/C20H24N2O3S/c1-3-16-8-6-7-15(2)18(16)14-26(24,25)19-13-21-10-9-17(19)20(23)22-11-4-5-12-22/h6-10,13H,3-5,11-12,14H2,1-2H3. The lowest BCUT2D eigenvalue weighted by Crippen LogP contribution is -2.29. The number of nitrogens with zero attached hydrogens (tertiary/aromatic N) is 2. The van der Waals surface area contributed by atoms with Gasteiger partial charge in [-0.2, -0.15) is 0 Å². The van der Waals surface area contributed by atoms with Gasteiger partial charge >= 0.3 is 0 Å². The Hall–Kier alpha value is -2.21. The highest BCUT2D eigenvalue weighted by atomic mass is 32.2. The van der Waals surface area contributed by atoms with Gasteiger partial charge in [0.25, 0.3) is 5.91 Å². The molecular weight excluding hydrogens is 348 g/mol. The lowest BCUT2D eigenvalue weighted by Gasteiger charge is -2.18. The maximum atomic E-state index is 13.2. The number of likely N-dealkylation sites (tertiary alicyclic amines) is 1. The summed E-state index contributed by atoms with van der Waals surface area (Å²) in [6.07, 6.45) is 5.47. The van der Waals surface area contributed by atoms with E-state index in [4.69, 9.17) is 0 Å². The molecule has 0 N–H and O–H groups in total. The molecule has 1 aliphatic rings. The summed E-state index contributed by atoms with van der Waals surface area (Å²) in [7, 11) is -3.68. The minimum atomic E-state index is -3.68. The zero-order valence-corrected chi connectivity index (χ0v) is 16.1. The van der Waals surface area contributed by atoms with E-state index in [1.807, 2.05) is 32.0 Å². The number of aromatic nitrogens is 1. The second-order valence-corrected chi connectivity index (χ2v) is 8.65. The molecule has 0 aliphatic carbocycles. The summed E-state index contributed by atoms with van der Waals surface area (Å²) in [4.78, 5) is 18.5. The van der Waals surface area contributed by atoms with E-state index in [2.05, 4.69) is 4.98 Å². The third-order valence-corrected chi connectivity index (χ3v) is 6.63. The molecule has 138 valence electrons. The molecule has 1 fully saturated rings. The van der Waals surface area contributed by atoms with Gasteiger partial charge in [-0.15, -0.1) is 0 Å². The predicted octanol–water partition coefficient (Wildman–Crippen LogP) is 3.16. The summed E-state index contributed by atoms with van der Waals surface area (Å²) in [5.41, 5.74) is 3.01. The van der Waals surface area contributed by atoms with Gasteiger partial charge in [0, 0.05) is 25.5 Å². The van der Waals surface area contributed by atoms with Gasteiger partial charge in [0.2, 0.25) is 0 Å². The van der Waals surface area contributed by atoms with E-state index in [1.165, 1.54) is 18.5 Å². The molecule has 3 rings (SSSR count). The van der Waals surface area contributed by atoms with Gasteiger partial charge in [0.15, 0.2) is 9.84 Å². The Bertz CT molecular complexity index is 916. The maximum absolute atomic E-state index is 13.2. The lowest BCUT2D eigenvalue weighted by atomic mass is 10.0. The monoisotopic (exact) mass is 372 g/mol. The number of aryl methyl sites for hydroxylation is 2. The second kappa shape index (κ2) is 7.58. The second-order valence-electron chi connectivity index (χ2n) is 6.70. The zero-order chi connectivity index (χ0) is 18.7. The molecule has 5 nitrogen and oxygen atoms in total. The van der Waals surface area contributed by atoms with Crippen molar-refractivity contribution in [2.45, 2.75) is 43.8 Å². The Morgan fingerprint density at radius 2 is 1.92 bits per heavy atom. The number of hydrogen-bond donors (Lipinski definition) is 0. The summed E-state index contributed by atoms with van der Waals surface area (Å²) >= 11 is 0. The largest absolute Gasteiger partial charge is 0.339 e. The predicted molar refractivity (Wildman–Crippen MR) is 101 cm³/mol. The summed E-state index contributed by atoms with van der Waals surface area (Å²) in [6, 6.07) is 7.34. The van der Waals surface area contributed by atoms with Crippen LogP contribution in [-0.4, -0.2) is 37.3 Å². The van der Waals surface area contributed by atoms with Gasteiger partial charge in [-0.05, 0) is 48.9 Å². The highest BCUT2D eigenvalue weighted by Gasteiger charge is 2.28. The van der Waals surface area contributed by atoms with Crippen LogP contribution in [0.25, 0.3) is 0 Å². The molecule has 1 aromatic heterocycles. The van der Waals surface area contributed by atoms with E-state index < -0.39 is 9.84 Å². The molecule has 1 saturated heterocycles. The van der Waals surface area contributed by atoms with Crippen LogP contribution in [0.4, 0.5) is 0 Å². The van der Waals surface area contributed by atoms with Crippen LogP contribution >= 0.6 is 0 Å². The van der Waals surface area contributed by atoms with Crippen molar-refractivity contribution in [1.29, 1.82) is 0 Å². The maximum Gasteiger partial charge on any atom is 0.255 e. The fraction of sp³-hybridized carbons (Fsp3) is 0.400. The van der Waals surface area contributed by atoms with Crippen molar-refractivity contribution in [2.24, 2.45) is 0 Å². The summed E-state index contributed by atoms with van der Waals surface area (Å²) in [6.45, 7) is 5.29. The average molecular weight is 372 g/mol. The van der Waals surface area contributed by atoms with Crippen molar-refractivity contribution in [2.75, 3.05) is 13.1 Å². The van der Waals surface area contributed by atoms with E-state index in [0.29, 0.717) is 13.1 Å². The minimum absolute atomic E-state index is 0.0298. The Kier molecular flexibility index (Phi) is 5.41. The van der Waals surface area contributed by atoms with Gasteiger partial charge in [-0.3, -0.25) is 9.78 Å². The van der Waals surface area contributed by atoms with Crippen LogP contribution in [0.1, 0.15) is 46.8 Å². The van der Waals surface area contributed by atoms with Crippen molar-refractivity contribution in [3.05, 3.63) is 58.9 Å². The number of benzene rings is 1. The first-order valence-corrected chi connectivity index (χ1v) is 10.6. The van der Waals surface area contributed by atoms with Gasteiger partial charge in [-0.1, -0.05) is 25.1 Å². The fourth-order valence-electron chi connectivity index (χ4n) is 3.46. The number of carbonyl (C=O) groups excluding carboxylic acids is 1. The van der Waals surface area contributed by atoms with Crippen LogP contribution in [0, 0.1) is 6.92 Å². The first kappa shape index (κ1) is 18.6. The average Bonchev–Trinajstić information content (AvgIpc) is 3.17. The normalized spacial score (nSPS) is 14.6. The molecule has 0 bridgehead atoms. The molecule has 0 unspecified atom stereocenters. The highest BCUT2D eigenvalue weighted by Crippen LogP contribution is 2.25. The molecule has 26 heavy (non-hydrogen) atoms. The molecule has 0 atom stereocenters. The van der Waals surface area contributed by atoms with Crippen LogP contribution in [0.15, 0.2) is 41.6 Å². The van der Waals surface area contributed by atoms with Crippen molar-refractivity contribution in [3.63, 3.8) is 0 Å². The van der Waals surface area contributed by atoms with Crippen LogP contribution in [0.2, 0.25) is 0 Å². The van der Waals surface area contributed by atoms with Crippen molar-refractivity contribution < 1.29 is 13.2 Å². The van der Waals surface area contributed by atoms with Crippen LogP contribution < -0.4 is 0 Å². The topological polar surface area (TPSA) is 67.3 Å². The number of rotatable bonds is 5. The summed E-state index contributed by atoms with van der Waals surface area (Å²) in [5.74, 6) is -0.335. The quantitative estimate of drug-likeness (QED) is 0.808. The third kappa shape index (κ3) is 3.65. The first-order valence-electron chi connectivity index (χ1n) is 8.97. The minimum Gasteiger partial charge on any atom is -0.339 e. The van der Waals surface area contributed by atoms with Crippen LogP contribution in [0.5, 0.6) is 0 Å². The molecule has 1 amide bonds. The van der Waals surface area contributed by atoms with Crippen molar-refractivity contribution in [1.82, 2.24) is 9.88 Å². The number of amides is 1. The van der Waals surface area contributed by atoms with Crippen LogP contribution in [0.3, 0.4) is 0 Å². The molecule has 1 aliphatic heterocycles. The Labute approximate surface area is 155 Å². The number of sulfone groups is 1. The van der Waals surface area contributed by atoms with E-state index >= 15 is 0 Å². The van der Waals surface area contributed by atoms with Gasteiger partial charge in [0.1, 0.15) is 0 Å². The van der Waals surface area contributed by atoms with Crippen molar-refractivity contribution in [3.8, 4) is 0 Å². The van der Waals surface area contributed by atoms with Crippen molar-refractivity contribution >= 4 is 15.7 Å². The van der Waals surface area contributed by atoms with E-state index in [1.54, 1.807) is 4.90 Å². The van der Waals surface area contributed by atoms with Gasteiger partial charge < -0.3 is 4.90 Å².